The normalized spacial score (nSPS) is 22.5. The van der Waals surface area contributed by atoms with Gasteiger partial charge in [-0.15, -0.1) is 0 Å². The van der Waals surface area contributed by atoms with Gasteiger partial charge in [-0.2, -0.15) is 0 Å². The first-order valence-electron chi connectivity index (χ1n) is 13.2. The zero-order chi connectivity index (χ0) is 22.6. The third-order valence-corrected chi connectivity index (χ3v) is 7.37. The van der Waals surface area contributed by atoms with Gasteiger partial charge in [0.25, 0.3) is 0 Å². The number of ether oxygens (including phenoxy) is 1. The van der Waals surface area contributed by atoms with Gasteiger partial charge < -0.3 is 9.64 Å². The number of nitrogens with zero attached hydrogens (tertiary/aromatic N) is 1. The largest absolute Gasteiger partial charge is 0.445 e. The van der Waals surface area contributed by atoms with E-state index in [2.05, 4.69) is 6.92 Å². The molecule has 2 saturated heterocycles. The molecule has 0 spiro atoms. The van der Waals surface area contributed by atoms with Crippen molar-refractivity contribution in [2.45, 2.75) is 122 Å². The maximum absolute atomic E-state index is 12.9. The summed E-state index contributed by atoms with van der Waals surface area (Å²) in [6.45, 7) is 2.57. The number of carbonyl (C=O) groups excluding carboxylic acids is 2. The van der Waals surface area contributed by atoms with E-state index in [1.54, 1.807) is 0 Å². The molecule has 2 unspecified atom stereocenters. The average Bonchev–Trinajstić information content (AvgIpc) is 2.81. The third kappa shape index (κ3) is 7.64. The third-order valence-electron chi connectivity index (χ3n) is 7.37. The van der Waals surface area contributed by atoms with Crippen LogP contribution in [0.1, 0.15) is 109 Å². The summed E-state index contributed by atoms with van der Waals surface area (Å²) in [5.41, 5.74) is 1.01. The zero-order valence-corrected chi connectivity index (χ0v) is 20.1. The molecule has 2 fully saturated rings. The van der Waals surface area contributed by atoms with Crippen LogP contribution in [0.5, 0.6) is 0 Å². The molecule has 2 aliphatic rings. The van der Waals surface area contributed by atoms with Crippen LogP contribution in [0.25, 0.3) is 0 Å². The van der Waals surface area contributed by atoms with Gasteiger partial charge in [-0.1, -0.05) is 88.6 Å². The predicted octanol–water partition coefficient (Wildman–Crippen LogP) is 7.45. The lowest BCUT2D eigenvalue weighted by Gasteiger charge is -2.47. The van der Waals surface area contributed by atoms with E-state index in [0.717, 1.165) is 50.5 Å². The number of ketones is 1. The molecule has 178 valence electrons. The van der Waals surface area contributed by atoms with Gasteiger partial charge in [-0.05, 0) is 44.1 Å². The SMILES string of the molecule is CCCCCCCCCCCC(=O)C1CC2CCCC(C1)N2C(=O)OCc1ccccc1. The Morgan fingerprint density at radius 2 is 1.47 bits per heavy atom. The number of fused-ring (bicyclic) bond motifs is 2. The molecule has 3 rings (SSSR count). The molecule has 1 amide bonds. The highest BCUT2D eigenvalue weighted by molar-refractivity contribution is 5.81. The standard InChI is InChI=1S/C28H43NO3/c1-2-3-4-5-6-7-8-9-13-19-27(30)24-20-25-17-14-18-26(21-24)29(25)28(31)32-22-23-15-11-10-12-16-23/h10-12,15-16,24-26H,2-9,13-14,17-22H2,1H3. The van der Waals surface area contributed by atoms with E-state index in [-0.39, 0.29) is 24.1 Å². The summed E-state index contributed by atoms with van der Waals surface area (Å²) in [5, 5.41) is 0. The van der Waals surface area contributed by atoms with Crippen molar-refractivity contribution in [3.8, 4) is 0 Å². The van der Waals surface area contributed by atoms with Crippen LogP contribution < -0.4 is 0 Å². The Hall–Kier alpha value is -1.84. The van der Waals surface area contributed by atoms with Crippen LogP contribution in [-0.4, -0.2) is 28.9 Å². The second kappa shape index (κ2) is 13.6. The fraction of sp³-hybridized carbons (Fsp3) is 0.714. The van der Waals surface area contributed by atoms with Crippen LogP contribution in [0, 0.1) is 5.92 Å². The highest BCUT2D eigenvalue weighted by Gasteiger charge is 2.43. The smallest absolute Gasteiger partial charge is 0.410 e. The number of piperidine rings is 2. The lowest BCUT2D eigenvalue weighted by molar-refractivity contribution is -0.126. The number of benzene rings is 1. The molecule has 2 aliphatic heterocycles. The second-order valence-electron chi connectivity index (χ2n) is 9.90. The first-order chi connectivity index (χ1) is 15.7. The summed E-state index contributed by atoms with van der Waals surface area (Å²) in [6, 6.07) is 10.2. The molecular formula is C28H43NO3. The van der Waals surface area contributed by atoms with Gasteiger partial charge >= 0.3 is 6.09 Å². The summed E-state index contributed by atoms with van der Waals surface area (Å²) in [5.74, 6) is 0.569. The van der Waals surface area contributed by atoms with Crippen LogP contribution in [0.3, 0.4) is 0 Å². The number of carbonyl (C=O) groups is 2. The summed E-state index contributed by atoms with van der Waals surface area (Å²) in [6.07, 6.45) is 16.8. The maximum Gasteiger partial charge on any atom is 0.410 e. The monoisotopic (exact) mass is 441 g/mol. The molecule has 0 saturated carbocycles. The molecule has 0 radical (unpaired) electrons. The molecule has 1 aromatic rings. The van der Waals surface area contributed by atoms with Crippen molar-refractivity contribution in [3.63, 3.8) is 0 Å². The van der Waals surface area contributed by atoms with Crippen molar-refractivity contribution in [1.29, 1.82) is 0 Å². The summed E-state index contributed by atoms with van der Waals surface area (Å²) >= 11 is 0. The van der Waals surface area contributed by atoms with Gasteiger partial charge in [0.2, 0.25) is 0 Å². The van der Waals surface area contributed by atoms with Crippen molar-refractivity contribution < 1.29 is 14.3 Å². The van der Waals surface area contributed by atoms with Crippen LogP contribution in [-0.2, 0) is 16.1 Å². The highest BCUT2D eigenvalue weighted by atomic mass is 16.6. The van der Waals surface area contributed by atoms with Crippen LogP contribution in [0.15, 0.2) is 30.3 Å². The summed E-state index contributed by atoms with van der Waals surface area (Å²) in [7, 11) is 0. The van der Waals surface area contributed by atoms with Gasteiger partial charge in [-0.25, -0.2) is 4.79 Å². The lowest BCUT2D eigenvalue weighted by Crippen LogP contribution is -2.55. The Labute approximate surface area is 195 Å². The Bertz CT molecular complexity index is 675. The molecule has 2 atom stereocenters. The first-order valence-corrected chi connectivity index (χ1v) is 13.2. The van der Waals surface area contributed by atoms with E-state index >= 15 is 0 Å². The number of hydrogen-bond donors (Lipinski definition) is 0. The molecule has 0 aliphatic carbocycles. The average molecular weight is 442 g/mol. The number of Topliss-reactive ketones (excluding diaryl/α,β-unsaturated/α-hetero) is 1. The summed E-state index contributed by atoms with van der Waals surface area (Å²) < 4.78 is 5.63. The van der Waals surface area contributed by atoms with E-state index in [9.17, 15) is 9.59 Å². The predicted molar refractivity (Wildman–Crippen MR) is 129 cm³/mol. The Morgan fingerprint density at radius 1 is 0.875 bits per heavy atom. The maximum atomic E-state index is 12.9. The van der Waals surface area contributed by atoms with Crippen LogP contribution in [0.4, 0.5) is 4.79 Å². The van der Waals surface area contributed by atoms with Crippen molar-refractivity contribution in [2.24, 2.45) is 5.92 Å². The molecule has 0 aromatic heterocycles. The Kier molecular flexibility index (Phi) is 10.6. The van der Waals surface area contributed by atoms with Crippen molar-refractivity contribution in [1.82, 2.24) is 4.90 Å². The van der Waals surface area contributed by atoms with E-state index in [0.29, 0.717) is 12.4 Å². The van der Waals surface area contributed by atoms with E-state index in [4.69, 9.17) is 4.74 Å². The second-order valence-corrected chi connectivity index (χ2v) is 9.90. The van der Waals surface area contributed by atoms with E-state index in [1.165, 1.54) is 51.4 Å². The number of hydrogen-bond acceptors (Lipinski definition) is 3. The Balaban J connectivity index is 1.36. The Morgan fingerprint density at radius 3 is 2.09 bits per heavy atom. The van der Waals surface area contributed by atoms with Gasteiger partial charge in [0, 0.05) is 24.4 Å². The molecule has 2 heterocycles. The van der Waals surface area contributed by atoms with Gasteiger partial charge in [0.1, 0.15) is 12.4 Å². The quantitative estimate of drug-likeness (QED) is 0.299. The number of unbranched alkanes of at least 4 members (excludes halogenated alkanes) is 8. The molecule has 1 aromatic carbocycles. The van der Waals surface area contributed by atoms with Crippen molar-refractivity contribution in [3.05, 3.63) is 35.9 Å². The fourth-order valence-electron chi connectivity index (χ4n) is 5.55. The first kappa shape index (κ1) is 24.8. The molecular weight excluding hydrogens is 398 g/mol. The van der Waals surface area contributed by atoms with E-state index < -0.39 is 0 Å². The molecule has 2 bridgehead atoms. The van der Waals surface area contributed by atoms with Crippen molar-refractivity contribution >= 4 is 11.9 Å². The van der Waals surface area contributed by atoms with Crippen LogP contribution >= 0.6 is 0 Å². The zero-order valence-electron chi connectivity index (χ0n) is 20.1. The lowest BCUT2D eigenvalue weighted by atomic mass is 9.76. The minimum Gasteiger partial charge on any atom is -0.445 e. The highest BCUT2D eigenvalue weighted by Crippen LogP contribution is 2.38. The van der Waals surface area contributed by atoms with Gasteiger partial charge in [0.05, 0.1) is 0 Å². The topological polar surface area (TPSA) is 46.6 Å². The molecule has 32 heavy (non-hydrogen) atoms. The molecule has 4 heteroatoms. The molecule has 0 N–H and O–H groups in total. The van der Waals surface area contributed by atoms with Gasteiger partial charge in [0.15, 0.2) is 0 Å². The number of amides is 1. The van der Waals surface area contributed by atoms with Crippen LogP contribution in [0.2, 0.25) is 0 Å². The molecule has 4 nitrogen and oxygen atoms in total. The minimum absolute atomic E-state index is 0.137. The number of rotatable bonds is 13. The summed E-state index contributed by atoms with van der Waals surface area (Å²) in [4.78, 5) is 27.7. The minimum atomic E-state index is -0.201. The van der Waals surface area contributed by atoms with Crippen molar-refractivity contribution in [2.75, 3.05) is 0 Å². The fourth-order valence-corrected chi connectivity index (χ4v) is 5.55. The van der Waals surface area contributed by atoms with Gasteiger partial charge in [-0.3, -0.25) is 4.79 Å². The van der Waals surface area contributed by atoms with E-state index in [1.807, 2.05) is 35.2 Å².